The highest BCUT2D eigenvalue weighted by molar-refractivity contribution is 5.11. The zero-order chi connectivity index (χ0) is 7.23. The van der Waals surface area contributed by atoms with Crippen LogP contribution in [0.5, 0.6) is 0 Å². The van der Waals surface area contributed by atoms with Crippen molar-refractivity contribution in [1.29, 1.82) is 0 Å². The van der Waals surface area contributed by atoms with E-state index in [4.69, 9.17) is 4.84 Å². The lowest BCUT2D eigenvalue weighted by Crippen LogP contribution is -2.15. The maximum Gasteiger partial charge on any atom is 0.101 e. The van der Waals surface area contributed by atoms with Crippen LogP contribution in [-0.2, 0) is 4.84 Å². The van der Waals surface area contributed by atoms with Gasteiger partial charge in [-0.1, -0.05) is 19.1 Å². The van der Waals surface area contributed by atoms with Crippen molar-refractivity contribution in [3.63, 3.8) is 0 Å². The second kappa shape index (κ2) is 4.12. The summed E-state index contributed by atoms with van der Waals surface area (Å²) in [5, 5.41) is 1.71. The van der Waals surface area contributed by atoms with E-state index in [9.17, 15) is 0 Å². The highest BCUT2D eigenvalue weighted by Gasteiger charge is 1.97. The lowest BCUT2D eigenvalue weighted by Gasteiger charge is -2.18. The molecule has 0 spiro atoms. The van der Waals surface area contributed by atoms with Crippen LogP contribution in [0, 0.1) is 6.54 Å². The van der Waals surface area contributed by atoms with Crippen molar-refractivity contribution < 1.29 is 4.84 Å². The average Bonchev–Trinajstić information content (AvgIpc) is 2.03. The molecule has 1 aliphatic rings. The molecule has 0 bridgehead atoms. The Morgan fingerprint density at radius 1 is 1.30 bits per heavy atom. The van der Waals surface area contributed by atoms with E-state index in [0.717, 1.165) is 13.0 Å². The lowest BCUT2D eigenvalue weighted by atomic mass is 10.4. The summed E-state index contributed by atoms with van der Waals surface area (Å²) in [6.07, 6.45) is 8.77. The molecule has 1 radical (unpaired) electrons. The summed E-state index contributed by atoms with van der Waals surface area (Å²) in [6.45, 7) is 4.74. The van der Waals surface area contributed by atoms with Gasteiger partial charge in [0.15, 0.2) is 0 Å². The molecule has 0 aromatic rings. The Morgan fingerprint density at radius 2 is 2.20 bits per heavy atom. The molecule has 1 rings (SSSR count). The second-order valence-electron chi connectivity index (χ2n) is 2.07. The first-order valence-corrected chi connectivity index (χ1v) is 3.53. The van der Waals surface area contributed by atoms with Gasteiger partial charge in [-0.05, 0) is 12.5 Å². The number of rotatable bonds is 3. The zero-order valence-corrected chi connectivity index (χ0v) is 6.16. The van der Waals surface area contributed by atoms with Crippen LogP contribution in [0.15, 0.2) is 24.4 Å². The van der Waals surface area contributed by atoms with Gasteiger partial charge in [0.25, 0.3) is 0 Å². The lowest BCUT2D eigenvalue weighted by molar-refractivity contribution is -0.0932. The van der Waals surface area contributed by atoms with Gasteiger partial charge in [-0.15, -0.1) is 0 Å². The molecule has 0 aliphatic carbocycles. The van der Waals surface area contributed by atoms with Crippen LogP contribution in [0.4, 0.5) is 0 Å². The van der Waals surface area contributed by atoms with Crippen LogP contribution in [0.2, 0.25) is 0 Å². The predicted molar refractivity (Wildman–Crippen MR) is 40.7 cm³/mol. The van der Waals surface area contributed by atoms with E-state index >= 15 is 0 Å². The maximum atomic E-state index is 5.27. The Kier molecular flexibility index (Phi) is 3.03. The molecule has 0 N–H and O–H groups in total. The van der Waals surface area contributed by atoms with Crippen LogP contribution >= 0.6 is 0 Å². The monoisotopic (exact) mass is 138 g/mol. The van der Waals surface area contributed by atoms with Crippen LogP contribution < -0.4 is 0 Å². The first kappa shape index (κ1) is 7.35. The molecule has 10 heavy (non-hydrogen) atoms. The predicted octanol–water partition coefficient (Wildman–Crippen LogP) is 1.88. The van der Waals surface area contributed by atoms with Gasteiger partial charge in [-0.25, -0.2) is 0 Å². The van der Waals surface area contributed by atoms with Crippen molar-refractivity contribution in [3.05, 3.63) is 31.0 Å². The zero-order valence-electron chi connectivity index (χ0n) is 6.16. The number of hydrogen-bond donors (Lipinski definition) is 0. The van der Waals surface area contributed by atoms with Gasteiger partial charge in [-0.3, -0.25) is 9.90 Å². The van der Waals surface area contributed by atoms with Crippen molar-refractivity contribution in [2.45, 2.75) is 13.3 Å². The van der Waals surface area contributed by atoms with E-state index in [0.29, 0.717) is 0 Å². The highest BCUT2D eigenvalue weighted by atomic mass is 16.7. The van der Waals surface area contributed by atoms with Crippen LogP contribution in [0.1, 0.15) is 13.3 Å². The number of nitrogens with zero attached hydrogens (tertiary/aromatic N) is 1. The number of hydrogen-bond acceptors (Lipinski definition) is 2. The molecule has 1 aliphatic heterocycles. The second-order valence-corrected chi connectivity index (χ2v) is 2.07. The van der Waals surface area contributed by atoms with Crippen LogP contribution in [-0.4, -0.2) is 11.7 Å². The normalized spacial score (nSPS) is 16.3. The topological polar surface area (TPSA) is 12.5 Å². The minimum atomic E-state index is 0.772. The maximum absolute atomic E-state index is 5.27. The molecular formula is C8H12NO. The summed E-state index contributed by atoms with van der Waals surface area (Å²) >= 11 is 0. The van der Waals surface area contributed by atoms with E-state index in [1.807, 2.05) is 31.0 Å². The fourth-order valence-corrected chi connectivity index (χ4v) is 0.666. The molecule has 2 heteroatoms. The summed E-state index contributed by atoms with van der Waals surface area (Å²) in [7, 11) is 0. The van der Waals surface area contributed by atoms with Crippen molar-refractivity contribution in [2.75, 3.05) is 6.61 Å². The first-order valence-electron chi connectivity index (χ1n) is 3.53. The van der Waals surface area contributed by atoms with E-state index < -0.39 is 0 Å². The molecule has 0 saturated heterocycles. The summed E-state index contributed by atoms with van der Waals surface area (Å²) < 4.78 is 0. The van der Waals surface area contributed by atoms with Gasteiger partial charge >= 0.3 is 0 Å². The van der Waals surface area contributed by atoms with Gasteiger partial charge < -0.3 is 0 Å². The highest BCUT2D eigenvalue weighted by Crippen LogP contribution is 2.03. The molecule has 0 unspecified atom stereocenters. The van der Waals surface area contributed by atoms with Crippen LogP contribution in [0.25, 0.3) is 0 Å². The van der Waals surface area contributed by atoms with Gasteiger partial charge in [-0.2, -0.15) is 0 Å². The molecule has 0 aromatic heterocycles. The third kappa shape index (κ3) is 2.23. The smallest absolute Gasteiger partial charge is 0.101 e. The largest absolute Gasteiger partial charge is 0.273 e. The summed E-state index contributed by atoms with van der Waals surface area (Å²) in [4.78, 5) is 5.27. The summed E-state index contributed by atoms with van der Waals surface area (Å²) in [6, 6.07) is 0. The standard InChI is InChI=1S/C8H12NO/c1-2-8-10-9-6-4-3-5-7-9/h3-7H,2,8H2,1H3. The summed E-state index contributed by atoms with van der Waals surface area (Å²) in [5.74, 6) is 0. The van der Waals surface area contributed by atoms with E-state index in [1.54, 1.807) is 5.06 Å². The molecule has 55 valence electrons. The minimum absolute atomic E-state index is 0.772. The Morgan fingerprint density at radius 3 is 2.80 bits per heavy atom. The minimum Gasteiger partial charge on any atom is -0.273 e. The molecular weight excluding hydrogens is 126 g/mol. The third-order valence-corrected chi connectivity index (χ3v) is 1.13. The quantitative estimate of drug-likeness (QED) is 0.590. The SMILES string of the molecule is CCCON1[CH]C=CC=C1. The van der Waals surface area contributed by atoms with Gasteiger partial charge in [0.1, 0.15) is 6.54 Å². The Hall–Kier alpha value is -0.760. The molecule has 2 nitrogen and oxygen atoms in total. The Balaban J connectivity index is 2.17. The van der Waals surface area contributed by atoms with Gasteiger partial charge in [0, 0.05) is 6.20 Å². The molecule has 0 fully saturated rings. The fraction of sp³-hybridized carbons (Fsp3) is 0.375. The summed E-state index contributed by atoms with van der Waals surface area (Å²) in [5.41, 5.74) is 0. The molecule has 0 amide bonds. The fourth-order valence-electron chi connectivity index (χ4n) is 0.666. The first-order chi connectivity index (χ1) is 4.93. The van der Waals surface area contributed by atoms with E-state index in [-0.39, 0.29) is 0 Å². The number of hydroxylamine groups is 2. The van der Waals surface area contributed by atoms with Gasteiger partial charge in [0.05, 0.1) is 6.61 Å². The molecule has 0 atom stereocenters. The van der Waals surface area contributed by atoms with Crippen molar-refractivity contribution in [2.24, 2.45) is 0 Å². The van der Waals surface area contributed by atoms with Crippen LogP contribution in [0.3, 0.4) is 0 Å². The molecule has 0 aromatic carbocycles. The Bertz CT molecular complexity index is 140. The third-order valence-electron chi connectivity index (χ3n) is 1.13. The van der Waals surface area contributed by atoms with Gasteiger partial charge in [0.2, 0.25) is 0 Å². The van der Waals surface area contributed by atoms with E-state index in [2.05, 4.69) is 6.92 Å². The molecule has 0 saturated carbocycles. The average molecular weight is 138 g/mol. The Labute approximate surface area is 61.7 Å². The molecule has 1 heterocycles. The van der Waals surface area contributed by atoms with Crippen molar-refractivity contribution in [3.8, 4) is 0 Å². The van der Waals surface area contributed by atoms with Crippen molar-refractivity contribution >= 4 is 0 Å². The van der Waals surface area contributed by atoms with Crippen molar-refractivity contribution in [1.82, 2.24) is 5.06 Å². The van der Waals surface area contributed by atoms with E-state index in [1.165, 1.54) is 0 Å². The number of allylic oxidation sites excluding steroid dienone is 2.